The molecule has 2 heterocycles. The van der Waals surface area contributed by atoms with E-state index in [0.717, 1.165) is 51.0 Å². The van der Waals surface area contributed by atoms with Crippen LogP contribution in [0.1, 0.15) is 24.8 Å². The van der Waals surface area contributed by atoms with Gasteiger partial charge in [0, 0.05) is 26.2 Å². The summed E-state index contributed by atoms with van der Waals surface area (Å²) < 4.78 is 0. The summed E-state index contributed by atoms with van der Waals surface area (Å²) in [5.74, 6) is 0.223. The lowest BCUT2D eigenvalue weighted by molar-refractivity contribution is -0.134. The largest absolute Gasteiger partial charge is 0.392 e. The molecule has 2 aliphatic heterocycles. The smallest absolute Gasteiger partial charge is 0.227 e. The molecule has 138 valence electrons. The fourth-order valence-electron chi connectivity index (χ4n) is 4.94. The SMILES string of the molecule is CN1CC(O)CC2(CCN(C(=O)Cc3cccc4ccccc34)CC2)C1. The molecule has 4 nitrogen and oxygen atoms in total. The Morgan fingerprint density at radius 3 is 2.65 bits per heavy atom. The Kier molecular flexibility index (Phi) is 4.72. The summed E-state index contributed by atoms with van der Waals surface area (Å²) in [6.07, 6.45) is 3.11. The molecule has 0 radical (unpaired) electrons. The maximum atomic E-state index is 12.9. The van der Waals surface area contributed by atoms with Crippen molar-refractivity contribution < 1.29 is 9.90 Å². The Bertz CT molecular complexity index is 778. The normalized spacial score (nSPS) is 23.5. The number of hydrogen-bond donors (Lipinski definition) is 1. The molecule has 2 fully saturated rings. The first-order valence-corrected chi connectivity index (χ1v) is 9.66. The van der Waals surface area contributed by atoms with Gasteiger partial charge in [-0.1, -0.05) is 42.5 Å². The van der Waals surface area contributed by atoms with E-state index in [4.69, 9.17) is 0 Å². The Hall–Kier alpha value is -1.91. The third-order valence-corrected chi connectivity index (χ3v) is 6.19. The molecule has 2 saturated heterocycles. The van der Waals surface area contributed by atoms with E-state index in [9.17, 15) is 9.90 Å². The van der Waals surface area contributed by atoms with Crippen LogP contribution in [0.3, 0.4) is 0 Å². The molecule has 1 unspecified atom stereocenters. The molecule has 1 spiro atoms. The number of hydrogen-bond acceptors (Lipinski definition) is 3. The maximum absolute atomic E-state index is 12.9. The predicted molar refractivity (Wildman–Crippen MR) is 104 cm³/mol. The minimum Gasteiger partial charge on any atom is -0.392 e. The van der Waals surface area contributed by atoms with Crippen molar-refractivity contribution >= 4 is 16.7 Å². The van der Waals surface area contributed by atoms with Crippen LogP contribution in [-0.4, -0.2) is 60.1 Å². The average Bonchev–Trinajstić information content (AvgIpc) is 2.61. The highest BCUT2D eigenvalue weighted by Gasteiger charge is 2.41. The van der Waals surface area contributed by atoms with Crippen molar-refractivity contribution in [3.05, 3.63) is 48.0 Å². The topological polar surface area (TPSA) is 43.8 Å². The van der Waals surface area contributed by atoms with Crippen LogP contribution in [0.4, 0.5) is 0 Å². The first-order chi connectivity index (χ1) is 12.5. The van der Waals surface area contributed by atoms with Crippen LogP contribution in [0.15, 0.2) is 42.5 Å². The molecule has 0 bridgehead atoms. The zero-order chi connectivity index (χ0) is 18.1. The molecule has 1 atom stereocenters. The number of benzene rings is 2. The molecular formula is C22H28N2O2. The lowest BCUT2D eigenvalue weighted by Gasteiger charge is -2.48. The number of aliphatic hydroxyl groups is 1. The average molecular weight is 352 g/mol. The number of piperidine rings is 2. The van der Waals surface area contributed by atoms with E-state index < -0.39 is 0 Å². The molecule has 0 aromatic heterocycles. The fraction of sp³-hybridized carbons (Fsp3) is 0.500. The summed E-state index contributed by atoms with van der Waals surface area (Å²) in [6.45, 7) is 3.43. The van der Waals surface area contributed by atoms with Gasteiger partial charge in [-0.25, -0.2) is 0 Å². The van der Waals surface area contributed by atoms with Crippen molar-refractivity contribution in [3.8, 4) is 0 Å². The summed E-state index contributed by atoms with van der Waals surface area (Å²) in [6, 6.07) is 14.5. The molecule has 0 aliphatic carbocycles. The summed E-state index contributed by atoms with van der Waals surface area (Å²) in [5, 5.41) is 12.5. The Morgan fingerprint density at radius 1 is 1.15 bits per heavy atom. The summed E-state index contributed by atoms with van der Waals surface area (Å²) in [7, 11) is 2.09. The second-order valence-corrected chi connectivity index (χ2v) is 8.25. The van der Waals surface area contributed by atoms with Crippen molar-refractivity contribution in [1.82, 2.24) is 9.80 Å². The quantitative estimate of drug-likeness (QED) is 0.904. The Balaban J connectivity index is 1.42. The van der Waals surface area contributed by atoms with Crippen LogP contribution in [0.5, 0.6) is 0 Å². The van der Waals surface area contributed by atoms with Gasteiger partial charge >= 0.3 is 0 Å². The number of likely N-dealkylation sites (N-methyl/N-ethyl adjacent to an activating group) is 1. The van der Waals surface area contributed by atoms with Crippen LogP contribution < -0.4 is 0 Å². The summed E-state index contributed by atoms with van der Waals surface area (Å²) in [5.41, 5.74) is 1.30. The number of β-amino-alcohol motifs (C(OH)–C–C–N with tert-alkyl or cyclic N) is 1. The number of amides is 1. The first kappa shape index (κ1) is 17.5. The van der Waals surface area contributed by atoms with Crippen LogP contribution in [0.25, 0.3) is 10.8 Å². The monoisotopic (exact) mass is 352 g/mol. The first-order valence-electron chi connectivity index (χ1n) is 9.66. The van der Waals surface area contributed by atoms with E-state index in [1.807, 2.05) is 23.1 Å². The highest BCUT2D eigenvalue weighted by atomic mass is 16.3. The third-order valence-electron chi connectivity index (χ3n) is 6.19. The molecule has 4 heteroatoms. The molecule has 2 aromatic rings. The number of carbonyl (C=O) groups is 1. The number of fused-ring (bicyclic) bond motifs is 1. The summed E-state index contributed by atoms with van der Waals surface area (Å²) >= 11 is 0. The standard InChI is InChI=1S/C22H28N2O2/c1-23-15-19(25)14-22(16-23)9-11-24(12-10-22)21(26)13-18-7-4-6-17-5-2-3-8-20(17)18/h2-8,19,25H,9-16H2,1H3. The number of likely N-dealkylation sites (tertiary alicyclic amines) is 2. The molecule has 2 aliphatic rings. The van der Waals surface area contributed by atoms with E-state index in [2.05, 4.69) is 36.2 Å². The van der Waals surface area contributed by atoms with Crippen LogP contribution in [-0.2, 0) is 11.2 Å². The fourth-order valence-corrected chi connectivity index (χ4v) is 4.94. The van der Waals surface area contributed by atoms with Gasteiger partial charge in [0.05, 0.1) is 12.5 Å². The zero-order valence-electron chi connectivity index (χ0n) is 15.5. The Morgan fingerprint density at radius 2 is 1.88 bits per heavy atom. The van der Waals surface area contributed by atoms with Gasteiger partial charge in [-0.2, -0.15) is 0 Å². The maximum Gasteiger partial charge on any atom is 0.227 e. The van der Waals surface area contributed by atoms with Gasteiger partial charge in [0.1, 0.15) is 0 Å². The summed E-state index contributed by atoms with van der Waals surface area (Å²) in [4.78, 5) is 17.1. The van der Waals surface area contributed by atoms with Gasteiger partial charge < -0.3 is 14.9 Å². The lowest BCUT2D eigenvalue weighted by atomic mass is 9.71. The van der Waals surface area contributed by atoms with E-state index in [1.165, 1.54) is 10.8 Å². The van der Waals surface area contributed by atoms with Gasteiger partial charge in [-0.15, -0.1) is 0 Å². The van der Waals surface area contributed by atoms with Gasteiger partial charge in [0.2, 0.25) is 5.91 Å². The lowest BCUT2D eigenvalue weighted by Crippen LogP contribution is -2.53. The minimum absolute atomic E-state index is 0.183. The molecule has 2 aromatic carbocycles. The van der Waals surface area contributed by atoms with E-state index in [1.54, 1.807) is 0 Å². The van der Waals surface area contributed by atoms with Crippen LogP contribution >= 0.6 is 0 Å². The molecular weight excluding hydrogens is 324 g/mol. The van der Waals surface area contributed by atoms with Crippen molar-refractivity contribution in [2.24, 2.45) is 5.41 Å². The van der Waals surface area contributed by atoms with Gasteiger partial charge in [0.15, 0.2) is 0 Å². The predicted octanol–water partition coefficient (Wildman–Crippen LogP) is 2.69. The van der Waals surface area contributed by atoms with Crippen molar-refractivity contribution in [2.75, 3.05) is 33.2 Å². The van der Waals surface area contributed by atoms with Crippen molar-refractivity contribution in [2.45, 2.75) is 31.8 Å². The number of nitrogens with zero attached hydrogens (tertiary/aromatic N) is 2. The van der Waals surface area contributed by atoms with E-state index in [-0.39, 0.29) is 17.4 Å². The second-order valence-electron chi connectivity index (χ2n) is 8.25. The third kappa shape index (κ3) is 3.49. The highest BCUT2D eigenvalue weighted by molar-refractivity contribution is 5.90. The second kappa shape index (κ2) is 7.01. The number of aliphatic hydroxyl groups excluding tert-OH is 1. The van der Waals surface area contributed by atoms with Crippen LogP contribution in [0.2, 0.25) is 0 Å². The number of rotatable bonds is 2. The van der Waals surface area contributed by atoms with E-state index >= 15 is 0 Å². The Labute approximate surface area is 155 Å². The minimum atomic E-state index is -0.230. The zero-order valence-corrected chi connectivity index (χ0v) is 15.5. The molecule has 26 heavy (non-hydrogen) atoms. The van der Waals surface area contributed by atoms with Crippen molar-refractivity contribution in [3.63, 3.8) is 0 Å². The van der Waals surface area contributed by atoms with E-state index in [0.29, 0.717) is 6.42 Å². The van der Waals surface area contributed by atoms with Gasteiger partial charge in [-0.05, 0) is 48.1 Å². The van der Waals surface area contributed by atoms with Gasteiger partial charge in [0.25, 0.3) is 0 Å². The van der Waals surface area contributed by atoms with Crippen molar-refractivity contribution in [1.29, 1.82) is 0 Å². The number of carbonyl (C=O) groups excluding carboxylic acids is 1. The van der Waals surface area contributed by atoms with Gasteiger partial charge in [-0.3, -0.25) is 4.79 Å². The molecule has 1 amide bonds. The highest BCUT2D eigenvalue weighted by Crippen LogP contribution is 2.39. The van der Waals surface area contributed by atoms with Crippen LogP contribution in [0, 0.1) is 5.41 Å². The molecule has 0 saturated carbocycles. The molecule has 1 N–H and O–H groups in total. The molecule has 4 rings (SSSR count).